The maximum absolute atomic E-state index is 10.9. The lowest BCUT2D eigenvalue weighted by Gasteiger charge is -1.95. The van der Waals surface area contributed by atoms with Crippen LogP contribution in [0.4, 0.5) is 0 Å². The molecule has 1 saturated heterocycles. The molecule has 0 aromatic carbocycles. The molecule has 2 nitrogen and oxygen atoms in total. The summed E-state index contributed by atoms with van der Waals surface area (Å²) in [5.41, 5.74) is 0. The van der Waals surface area contributed by atoms with E-state index >= 15 is 0 Å². The van der Waals surface area contributed by atoms with Crippen LogP contribution in [0.25, 0.3) is 0 Å². The third kappa shape index (κ3) is 7.50. The van der Waals surface area contributed by atoms with E-state index in [1.54, 1.807) is 6.92 Å². The molecule has 102 valence electrons. The van der Waals surface area contributed by atoms with E-state index in [9.17, 15) is 4.79 Å². The van der Waals surface area contributed by atoms with Crippen molar-refractivity contribution in [1.29, 1.82) is 0 Å². The lowest BCUT2D eigenvalue weighted by atomic mass is 10.1. The van der Waals surface area contributed by atoms with Crippen molar-refractivity contribution in [3.05, 3.63) is 12.7 Å². The highest BCUT2D eigenvalue weighted by atomic mass is 16.6. The molecule has 1 aliphatic heterocycles. The first-order valence-electron chi connectivity index (χ1n) is 7.06. The Balaban J connectivity index is 2.04. The maximum atomic E-state index is 10.9. The number of carbonyl (C=O) groups excluding carboxylic acids is 1. The van der Waals surface area contributed by atoms with Crippen molar-refractivity contribution in [3.8, 4) is 23.7 Å². The fourth-order valence-electron chi connectivity index (χ4n) is 1.81. The van der Waals surface area contributed by atoms with Crippen LogP contribution in [0.5, 0.6) is 0 Å². The van der Waals surface area contributed by atoms with Crippen LogP contribution in [0, 0.1) is 23.7 Å². The highest BCUT2D eigenvalue weighted by Crippen LogP contribution is 2.29. The molecule has 0 bridgehead atoms. The second-order valence-electron chi connectivity index (χ2n) is 4.67. The molecule has 1 heterocycles. The molecular formula is C17H22O2. The number of unbranched alkanes of at least 4 members (excludes halogenated alkanes) is 3. The van der Waals surface area contributed by atoms with E-state index in [1.165, 1.54) is 19.3 Å². The average molecular weight is 258 g/mol. The first-order valence-corrected chi connectivity index (χ1v) is 7.06. The summed E-state index contributed by atoms with van der Waals surface area (Å²) in [6.45, 7) is 5.50. The zero-order valence-electron chi connectivity index (χ0n) is 11.7. The lowest BCUT2D eigenvalue weighted by Crippen LogP contribution is -1.93. The van der Waals surface area contributed by atoms with E-state index in [-0.39, 0.29) is 11.9 Å². The van der Waals surface area contributed by atoms with Gasteiger partial charge in [0.25, 0.3) is 0 Å². The molecule has 0 aromatic rings. The first kappa shape index (κ1) is 15.5. The van der Waals surface area contributed by atoms with E-state index < -0.39 is 0 Å². The van der Waals surface area contributed by atoms with E-state index in [0.29, 0.717) is 12.5 Å². The SMILES string of the molecule is C=CCCCCCC1OC1CC#CC#CC(=O)CC. The second-order valence-corrected chi connectivity index (χ2v) is 4.67. The van der Waals surface area contributed by atoms with Crippen LogP contribution < -0.4 is 0 Å². The van der Waals surface area contributed by atoms with Crippen molar-refractivity contribution < 1.29 is 9.53 Å². The fourth-order valence-corrected chi connectivity index (χ4v) is 1.81. The molecule has 0 spiro atoms. The summed E-state index contributed by atoms with van der Waals surface area (Å²) < 4.78 is 5.53. The zero-order valence-corrected chi connectivity index (χ0v) is 11.7. The van der Waals surface area contributed by atoms with E-state index in [0.717, 1.165) is 19.3 Å². The Morgan fingerprint density at radius 1 is 1.26 bits per heavy atom. The summed E-state index contributed by atoms with van der Waals surface area (Å²) in [7, 11) is 0. The Labute approximate surface area is 116 Å². The first-order chi connectivity index (χ1) is 9.27. The number of hydrogen-bond acceptors (Lipinski definition) is 2. The molecule has 19 heavy (non-hydrogen) atoms. The van der Waals surface area contributed by atoms with Crippen LogP contribution in [-0.2, 0) is 9.53 Å². The number of epoxide rings is 1. The van der Waals surface area contributed by atoms with Gasteiger partial charge in [0.05, 0.1) is 12.2 Å². The van der Waals surface area contributed by atoms with Crippen LogP contribution >= 0.6 is 0 Å². The summed E-state index contributed by atoms with van der Waals surface area (Å²) in [4.78, 5) is 10.9. The Morgan fingerprint density at radius 3 is 2.84 bits per heavy atom. The van der Waals surface area contributed by atoms with Crippen LogP contribution in [0.15, 0.2) is 12.7 Å². The van der Waals surface area contributed by atoms with Gasteiger partial charge in [-0.1, -0.05) is 31.8 Å². The summed E-state index contributed by atoms with van der Waals surface area (Å²) in [5, 5.41) is 0. The highest BCUT2D eigenvalue weighted by molar-refractivity contribution is 5.95. The Kier molecular flexibility index (Phi) is 7.71. The monoisotopic (exact) mass is 258 g/mol. The van der Waals surface area contributed by atoms with E-state index in [2.05, 4.69) is 30.3 Å². The third-order valence-corrected chi connectivity index (χ3v) is 3.06. The molecule has 0 aliphatic carbocycles. The molecular weight excluding hydrogens is 236 g/mol. The number of ketones is 1. The lowest BCUT2D eigenvalue weighted by molar-refractivity contribution is -0.113. The third-order valence-electron chi connectivity index (χ3n) is 3.06. The summed E-state index contributed by atoms with van der Waals surface area (Å²) in [6, 6.07) is 0. The molecule has 2 unspecified atom stereocenters. The van der Waals surface area contributed by atoms with Gasteiger partial charge in [0.1, 0.15) is 0 Å². The highest BCUT2D eigenvalue weighted by Gasteiger charge is 2.36. The zero-order chi connectivity index (χ0) is 13.9. The van der Waals surface area contributed by atoms with Crippen molar-refractivity contribution in [2.45, 2.75) is 64.1 Å². The number of carbonyl (C=O) groups is 1. The van der Waals surface area contributed by atoms with Gasteiger partial charge in [-0.2, -0.15) is 0 Å². The van der Waals surface area contributed by atoms with E-state index in [1.807, 2.05) is 6.08 Å². The van der Waals surface area contributed by atoms with Crippen molar-refractivity contribution in [1.82, 2.24) is 0 Å². The fraction of sp³-hybridized carbons (Fsp3) is 0.588. The number of rotatable bonds is 8. The van der Waals surface area contributed by atoms with Crippen LogP contribution in [0.2, 0.25) is 0 Å². The Morgan fingerprint density at radius 2 is 2.11 bits per heavy atom. The number of allylic oxidation sites excluding steroid dienone is 1. The Hall–Kier alpha value is -1.51. The van der Waals surface area contributed by atoms with Crippen molar-refractivity contribution in [3.63, 3.8) is 0 Å². The minimum Gasteiger partial charge on any atom is -0.369 e. The topological polar surface area (TPSA) is 29.6 Å². The number of ether oxygens (including phenoxy) is 1. The number of Topliss-reactive ketones (excluding diaryl/α,β-unsaturated/α-hetero) is 1. The maximum Gasteiger partial charge on any atom is 0.206 e. The minimum atomic E-state index is -0.0608. The van der Waals surface area contributed by atoms with E-state index in [4.69, 9.17) is 4.74 Å². The molecule has 0 N–H and O–H groups in total. The van der Waals surface area contributed by atoms with Crippen molar-refractivity contribution in [2.75, 3.05) is 0 Å². The predicted octanol–water partition coefficient (Wildman–Crippen LogP) is 3.27. The van der Waals surface area contributed by atoms with Crippen molar-refractivity contribution in [2.24, 2.45) is 0 Å². The van der Waals surface area contributed by atoms with Gasteiger partial charge in [0.15, 0.2) is 0 Å². The van der Waals surface area contributed by atoms with Gasteiger partial charge in [-0.25, -0.2) is 0 Å². The predicted molar refractivity (Wildman–Crippen MR) is 77.4 cm³/mol. The van der Waals surface area contributed by atoms with Gasteiger partial charge in [0, 0.05) is 12.8 Å². The van der Waals surface area contributed by atoms with Gasteiger partial charge in [-0.15, -0.1) is 6.58 Å². The van der Waals surface area contributed by atoms with Gasteiger partial charge in [-0.3, -0.25) is 4.79 Å². The average Bonchev–Trinajstić information content (AvgIpc) is 3.16. The Bertz CT molecular complexity index is 414. The van der Waals surface area contributed by atoms with Gasteiger partial charge >= 0.3 is 0 Å². The molecule has 0 radical (unpaired) electrons. The second kappa shape index (κ2) is 9.42. The van der Waals surface area contributed by atoms with Crippen LogP contribution in [0.1, 0.15) is 51.9 Å². The normalized spacial score (nSPS) is 19.6. The number of hydrogen-bond donors (Lipinski definition) is 0. The standard InChI is InChI=1S/C17H22O2/c1-3-5-6-7-10-13-16-17(19-16)14-11-8-9-12-15(18)4-2/h3,16-17H,1,4-7,10,13-14H2,2H3. The summed E-state index contributed by atoms with van der Waals surface area (Å²) in [5.74, 6) is 10.7. The molecule has 0 aromatic heterocycles. The molecule has 0 saturated carbocycles. The summed E-state index contributed by atoms with van der Waals surface area (Å²) in [6.07, 6.45) is 9.75. The molecule has 2 heteroatoms. The summed E-state index contributed by atoms with van der Waals surface area (Å²) >= 11 is 0. The van der Waals surface area contributed by atoms with Gasteiger partial charge in [-0.05, 0) is 37.0 Å². The van der Waals surface area contributed by atoms with Gasteiger partial charge < -0.3 is 4.74 Å². The van der Waals surface area contributed by atoms with Crippen LogP contribution in [0.3, 0.4) is 0 Å². The quantitative estimate of drug-likeness (QED) is 0.220. The molecule has 0 amide bonds. The largest absolute Gasteiger partial charge is 0.369 e. The molecule has 1 fully saturated rings. The van der Waals surface area contributed by atoms with Crippen LogP contribution in [-0.4, -0.2) is 18.0 Å². The molecule has 1 rings (SSSR count). The van der Waals surface area contributed by atoms with Crippen molar-refractivity contribution >= 4 is 5.78 Å². The molecule has 2 atom stereocenters. The smallest absolute Gasteiger partial charge is 0.206 e. The van der Waals surface area contributed by atoms with Gasteiger partial charge in [0.2, 0.25) is 5.78 Å². The molecule has 1 aliphatic rings. The minimum absolute atomic E-state index is 0.0608.